The van der Waals surface area contributed by atoms with Crippen LogP contribution in [-0.2, 0) is 11.3 Å². The number of halogens is 1. The number of anilines is 2. The molecule has 0 saturated carbocycles. The Hall–Kier alpha value is -3.19. The van der Waals surface area contributed by atoms with Gasteiger partial charge in [-0.2, -0.15) is 0 Å². The van der Waals surface area contributed by atoms with E-state index in [1.165, 1.54) is 0 Å². The number of pyridine rings is 1. The Labute approximate surface area is 186 Å². The van der Waals surface area contributed by atoms with Gasteiger partial charge >= 0.3 is 0 Å². The Morgan fingerprint density at radius 1 is 1.23 bits per heavy atom. The van der Waals surface area contributed by atoms with Crippen molar-refractivity contribution in [3.05, 3.63) is 66.0 Å². The maximum atomic E-state index is 12.2. The highest BCUT2D eigenvalue weighted by Crippen LogP contribution is 2.28. The van der Waals surface area contributed by atoms with Gasteiger partial charge in [-0.15, -0.1) is 6.58 Å². The first-order valence-electron chi connectivity index (χ1n) is 10.4. The zero-order chi connectivity index (χ0) is 21.6. The largest absolute Gasteiger partial charge is 0.356 e. The molecule has 1 aliphatic heterocycles. The number of benzene rings is 1. The molecule has 2 N–H and O–H groups in total. The van der Waals surface area contributed by atoms with Crippen LogP contribution in [0.15, 0.2) is 55.4 Å². The summed E-state index contributed by atoms with van der Waals surface area (Å²) in [6, 6.07) is 9.58. The van der Waals surface area contributed by atoms with Gasteiger partial charge < -0.3 is 15.5 Å². The maximum Gasteiger partial charge on any atom is 0.223 e. The highest BCUT2D eigenvalue weighted by atomic mass is 35.5. The van der Waals surface area contributed by atoms with Crippen LogP contribution in [0.25, 0.3) is 10.9 Å². The summed E-state index contributed by atoms with van der Waals surface area (Å²) in [5.74, 6) is 1.54. The second kappa shape index (κ2) is 9.75. The minimum Gasteiger partial charge on any atom is -0.356 e. The van der Waals surface area contributed by atoms with E-state index in [2.05, 4.69) is 37.1 Å². The number of carbonyl (C=O) groups is 1. The molecule has 1 saturated heterocycles. The van der Waals surface area contributed by atoms with Crippen molar-refractivity contribution in [2.24, 2.45) is 5.92 Å². The fourth-order valence-electron chi connectivity index (χ4n) is 3.77. The number of amides is 1. The van der Waals surface area contributed by atoms with Gasteiger partial charge in [-0.25, -0.2) is 15.0 Å². The lowest BCUT2D eigenvalue weighted by atomic mass is 9.95. The lowest BCUT2D eigenvalue weighted by molar-refractivity contribution is -0.125. The van der Waals surface area contributed by atoms with Crippen molar-refractivity contribution >= 4 is 40.2 Å². The van der Waals surface area contributed by atoms with Crippen molar-refractivity contribution in [2.45, 2.75) is 19.4 Å². The molecule has 0 spiro atoms. The molecule has 160 valence electrons. The van der Waals surface area contributed by atoms with Gasteiger partial charge in [0.2, 0.25) is 11.9 Å². The highest BCUT2D eigenvalue weighted by molar-refractivity contribution is 6.31. The molecule has 1 fully saturated rings. The van der Waals surface area contributed by atoms with E-state index in [0.717, 1.165) is 48.2 Å². The van der Waals surface area contributed by atoms with Gasteiger partial charge in [0, 0.05) is 49.5 Å². The number of rotatable bonds is 7. The van der Waals surface area contributed by atoms with Crippen molar-refractivity contribution in [1.82, 2.24) is 20.3 Å². The van der Waals surface area contributed by atoms with Gasteiger partial charge in [0.05, 0.1) is 10.9 Å². The van der Waals surface area contributed by atoms with Crippen LogP contribution in [0.2, 0.25) is 5.02 Å². The van der Waals surface area contributed by atoms with Gasteiger partial charge in [0.1, 0.15) is 5.82 Å². The van der Waals surface area contributed by atoms with Crippen molar-refractivity contribution in [2.75, 3.05) is 29.9 Å². The fraction of sp³-hybridized carbons (Fsp3) is 0.304. The molecule has 0 aliphatic carbocycles. The molecule has 0 radical (unpaired) electrons. The highest BCUT2D eigenvalue weighted by Gasteiger charge is 2.26. The molecule has 31 heavy (non-hydrogen) atoms. The summed E-state index contributed by atoms with van der Waals surface area (Å²) in [5.41, 5.74) is 1.82. The second-order valence-electron chi connectivity index (χ2n) is 7.50. The van der Waals surface area contributed by atoms with Crippen LogP contribution in [0, 0.1) is 5.92 Å². The molecule has 0 bridgehead atoms. The molecule has 7 nitrogen and oxygen atoms in total. The maximum absolute atomic E-state index is 12.2. The second-order valence-corrected chi connectivity index (χ2v) is 7.91. The Bertz CT molecular complexity index is 1080. The first-order chi connectivity index (χ1) is 15.2. The molecule has 4 rings (SSSR count). The summed E-state index contributed by atoms with van der Waals surface area (Å²) >= 11 is 6.22. The van der Waals surface area contributed by atoms with E-state index < -0.39 is 0 Å². The van der Waals surface area contributed by atoms with Crippen LogP contribution in [0.4, 0.5) is 11.8 Å². The molecule has 3 heterocycles. The minimum absolute atomic E-state index is 0.0306. The Balaban J connectivity index is 1.44. The van der Waals surface area contributed by atoms with Gasteiger partial charge in [0.15, 0.2) is 0 Å². The summed E-state index contributed by atoms with van der Waals surface area (Å²) in [4.78, 5) is 28.1. The number of hydrogen-bond acceptors (Lipinski definition) is 6. The van der Waals surface area contributed by atoms with Crippen LogP contribution in [0.3, 0.4) is 0 Å². The third-order valence-electron chi connectivity index (χ3n) is 5.47. The van der Waals surface area contributed by atoms with E-state index in [0.29, 0.717) is 24.1 Å². The van der Waals surface area contributed by atoms with E-state index in [-0.39, 0.29) is 11.8 Å². The van der Waals surface area contributed by atoms with Crippen molar-refractivity contribution < 1.29 is 4.79 Å². The molecule has 2 aromatic heterocycles. The van der Waals surface area contributed by atoms with Crippen LogP contribution < -0.4 is 15.5 Å². The normalized spacial score (nSPS) is 14.4. The zero-order valence-electron chi connectivity index (χ0n) is 17.2. The number of hydrogen-bond donors (Lipinski definition) is 2. The smallest absolute Gasteiger partial charge is 0.223 e. The third-order valence-corrected chi connectivity index (χ3v) is 5.84. The van der Waals surface area contributed by atoms with Crippen molar-refractivity contribution in [3.8, 4) is 0 Å². The van der Waals surface area contributed by atoms with Crippen LogP contribution in [0.1, 0.15) is 18.4 Å². The molecule has 1 amide bonds. The molecule has 1 aliphatic rings. The fourth-order valence-corrected chi connectivity index (χ4v) is 3.97. The van der Waals surface area contributed by atoms with E-state index in [4.69, 9.17) is 11.6 Å². The molecule has 0 unspecified atom stereocenters. The van der Waals surface area contributed by atoms with Crippen LogP contribution >= 0.6 is 11.6 Å². The monoisotopic (exact) mass is 436 g/mol. The van der Waals surface area contributed by atoms with Gasteiger partial charge in [-0.05, 0) is 30.5 Å². The van der Waals surface area contributed by atoms with Crippen LogP contribution in [0.5, 0.6) is 0 Å². The number of nitrogens with zero attached hydrogens (tertiary/aromatic N) is 4. The molecular weight excluding hydrogens is 412 g/mol. The average molecular weight is 437 g/mol. The Morgan fingerprint density at radius 2 is 2.03 bits per heavy atom. The van der Waals surface area contributed by atoms with Crippen molar-refractivity contribution in [1.29, 1.82) is 0 Å². The third kappa shape index (κ3) is 4.94. The first-order valence-corrected chi connectivity index (χ1v) is 10.8. The summed E-state index contributed by atoms with van der Waals surface area (Å²) in [6.45, 7) is 6.23. The predicted octanol–water partition coefficient (Wildman–Crippen LogP) is 3.81. The number of aromatic nitrogens is 3. The van der Waals surface area contributed by atoms with E-state index >= 15 is 0 Å². The summed E-state index contributed by atoms with van der Waals surface area (Å²) in [7, 11) is 0. The summed E-state index contributed by atoms with van der Waals surface area (Å²) in [5, 5.41) is 7.74. The quantitative estimate of drug-likeness (QED) is 0.548. The number of fused-ring (bicyclic) bond motifs is 1. The number of nitrogens with one attached hydrogen (secondary N) is 2. The molecule has 1 aromatic carbocycles. The average Bonchev–Trinajstić information content (AvgIpc) is 2.81. The topological polar surface area (TPSA) is 83.0 Å². The minimum atomic E-state index is 0.0306. The van der Waals surface area contributed by atoms with Crippen molar-refractivity contribution in [3.63, 3.8) is 0 Å². The predicted molar refractivity (Wildman–Crippen MR) is 124 cm³/mol. The summed E-state index contributed by atoms with van der Waals surface area (Å²) < 4.78 is 0. The van der Waals surface area contributed by atoms with Crippen LogP contribution in [-0.4, -0.2) is 40.5 Å². The first kappa shape index (κ1) is 21.1. The molecule has 8 heteroatoms. The van der Waals surface area contributed by atoms with E-state index in [1.54, 1.807) is 12.3 Å². The number of carbonyl (C=O) groups excluding carboxylic acids is 1. The standard InChI is InChI=1S/C23H25ClN6O/c1-2-10-26-22(31)16-8-12-30(13-9-16)21-18-15-28-23(29-20(18)7-11-25-21)27-14-17-5-3-4-6-19(17)24/h2-7,11,15-16H,1,8-10,12-14H2,(H,26,31)(H,27,28,29). The lowest BCUT2D eigenvalue weighted by Crippen LogP contribution is -2.41. The summed E-state index contributed by atoms with van der Waals surface area (Å²) in [6.07, 6.45) is 6.86. The molecule has 0 atom stereocenters. The van der Waals surface area contributed by atoms with E-state index in [1.807, 2.05) is 36.5 Å². The SMILES string of the molecule is C=CCNC(=O)C1CCN(c2nccc3nc(NCc4ccccc4Cl)ncc23)CC1. The van der Waals surface area contributed by atoms with Gasteiger partial charge in [0.25, 0.3) is 0 Å². The van der Waals surface area contributed by atoms with Gasteiger partial charge in [-0.1, -0.05) is 35.9 Å². The van der Waals surface area contributed by atoms with Gasteiger partial charge in [-0.3, -0.25) is 4.79 Å². The molecular formula is C23H25ClN6O. The lowest BCUT2D eigenvalue weighted by Gasteiger charge is -2.32. The number of piperidine rings is 1. The Morgan fingerprint density at radius 3 is 2.81 bits per heavy atom. The zero-order valence-corrected chi connectivity index (χ0v) is 18.0. The van der Waals surface area contributed by atoms with E-state index in [9.17, 15) is 4.79 Å². The molecule has 3 aromatic rings. The Kier molecular flexibility index (Phi) is 6.62.